The molecule has 3 aromatic carbocycles. The maximum atomic E-state index is 13.8. The zero-order chi connectivity index (χ0) is 24.9. The van der Waals surface area contributed by atoms with Crippen LogP contribution in [0.2, 0.25) is 0 Å². The van der Waals surface area contributed by atoms with Crippen molar-refractivity contribution in [2.75, 3.05) is 16.4 Å². The van der Waals surface area contributed by atoms with E-state index in [1.165, 1.54) is 34.6 Å². The molecule has 4 aromatic rings. The van der Waals surface area contributed by atoms with Gasteiger partial charge in [-0.3, -0.25) is 19.1 Å². The van der Waals surface area contributed by atoms with Gasteiger partial charge in [-0.25, -0.2) is 9.07 Å². The van der Waals surface area contributed by atoms with Gasteiger partial charge in [0.25, 0.3) is 11.5 Å². The van der Waals surface area contributed by atoms with Gasteiger partial charge in [0.1, 0.15) is 11.5 Å². The number of amides is 2. The van der Waals surface area contributed by atoms with E-state index in [9.17, 15) is 18.8 Å². The molecule has 0 radical (unpaired) electrons. The van der Waals surface area contributed by atoms with Crippen LogP contribution in [0.15, 0.2) is 88.6 Å². The highest BCUT2D eigenvalue weighted by atomic mass is 32.2. The first-order valence-corrected chi connectivity index (χ1v) is 11.8. The van der Waals surface area contributed by atoms with Gasteiger partial charge in [0.15, 0.2) is 0 Å². The normalized spacial score (nSPS) is 10.7. The Kier molecular flexibility index (Phi) is 7.17. The third-order valence-electron chi connectivity index (χ3n) is 5.42. The van der Waals surface area contributed by atoms with Crippen molar-refractivity contribution in [3.05, 3.63) is 106 Å². The molecule has 0 saturated carbocycles. The third kappa shape index (κ3) is 5.36. The van der Waals surface area contributed by atoms with Crippen molar-refractivity contribution in [1.82, 2.24) is 9.36 Å². The topological polar surface area (TPSA) is 85.1 Å². The van der Waals surface area contributed by atoms with Gasteiger partial charge in [-0.05, 0) is 55.5 Å². The van der Waals surface area contributed by atoms with Gasteiger partial charge >= 0.3 is 0 Å². The number of thioether (sulfide) groups is 1. The first-order chi connectivity index (χ1) is 16.8. The van der Waals surface area contributed by atoms with Crippen LogP contribution in [0.25, 0.3) is 5.69 Å². The number of para-hydroxylation sites is 1. The fourth-order valence-corrected chi connectivity index (χ4v) is 4.21. The minimum Gasteiger partial charge on any atom is -0.322 e. The Morgan fingerprint density at radius 3 is 2.26 bits per heavy atom. The quantitative estimate of drug-likeness (QED) is 0.371. The van der Waals surface area contributed by atoms with Crippen molar-refractivity contribution in [2.24, 2.45) is 7.05 Å². The summed E-state index contributed by atoms with van der Waals surface area (Å²) in [5.74, 6) is -1.34. The van der Waals surface area contributed by atoms with E-state index in [-0.39, 0.29) is 28.5 Å². The monoisotopic (exact) mass is 490 g/mol. The first kappa shape index (κ1) is 24.0. The zero-order valence-corrected chi connectivity index (χ0v) is 19.9. The van der Waals surface area contributed by atoms with Gasteiger partial charge < -0.3 is 10.6 Å². The summed E-state index contributed by atoms with van der Waals surface area (Å²) in [5, 5.41) is 5.38. The van der Waals surface area contributed by atoms with E-state index >= 15 is 0 Å². The lowest BCUT2D eigenvalue weighted by molar-refractivity contribution is -0.113. The smallest absolute Gasteiger partial charge is 0.295 e. The third-order valence-corrected chi connectivity index (χ3v) is 6.43. The van der Waals surface area contributed by atoms with Crippen molar-refractivity contribution in [3.8, 4) is 5.69 Å². The SMILES string of the molecule is Cc1c(NC(=O)CSc2ccc(NC(=O)c3ccccc3F)cc2)c(=O)n(-c2ccccc2)n1C. The maximum absolute atomic E-state index is 13.8. The molecule has 0 spiro atoms. The molecule has 178 valence electrons. The number of carbonyl (C=O) groups excluding carboxylic acids is 2. The molecule has 0 aliphatic rings. The highest BCUT2D eigenvalue weighted by Gasteiger charge is 2.18. The molecule has 0 aliphatic carbocycles. The number of carbonyl (C=O) groups is 2. The average Bonchev–Trinajstić information content (AvgIpc) is 3.07. The number of nitrogens with zero attached hydrogens (tertiary/aromatic N) is 2. The molecule has 1 heterocycles. The fraction of sp³-hybridized carbons (Fsp3) is 0.115. The van der Waals surface area contributed by atoms with E-state index in [4.69, 9.17) is 0 Å². The molecule has 0 saturated heterocycles. The summed E-state index contributed by atoms with van der Waals surface area (Å²) >= 11 is 1.29. The summed E-state index contributed by atoms with van der Waals surface area (Å²) in [6.45, 7) is 1.78. The molecule has 0 bridgehead atoms. The molecule has 4 rings (SSSR count). The standard InChI is InChI=1S/C26H23FN4O3S/c1-17-24(26(34)31(30(17)2)19-8-4-3-5-9-19)29-23(32)16-35-20-14-12-18(13-15-20)28-25(33)21-10-6-7-11-22(21)27/h3-15H,16H2,1-2H3,(H,28,33)(H,29,32). The molecule has 2 amide bonds. The summed E-state index contributed by atoms with van der Waals surface area (Å²) in [7, 11) is 1.76. The molecule has 1 aromatic heterocycles. The summed E-state index contributed by atoms with van der Waals surface area (Å²) in [5.41, 5.74) is 1.77. The Balaban J connectivity index is 1.37. The van der Waals surface area contributed by atoms with Crippen LogP contribution in [0.5, 0.6) is 0 Å². The fourth-order valence-electron chi connectivity index (χ4n) is 3.51. The zero-order valence-electron chi connectivity index (χ0n) is 19.1. The molecule has 0 atom stereocenters. The first-order valence-electron chi connectivity index (χ1n) is 10.8. The van der Waals surface area contributed by atoms with Gasteiger partial charge in [-0.15, -0.1) is 11.8 Å². The molecule has 0 aliphatic heterocycles. The van der Waals surface area contributed by atoms with Crippen molar-refractivity contribution in [3.63, 3.8) is 0 Å². The van der Waals surface area contributed by atoms with Crippen LogP contribution in [0.1, 0.15) is 16.1 Å². The summed E-state index contributed by atoms with van der Waals surface area (Å²) < 4.78 is 17.0. The summed E-state index contributed by atoms with van der Waals surface area (Å²) in [4.78, 5) is 38.5. The second-order valence-corrected chi connectivity index (χ2v) is 8.78. The predicted molar refractivity (Wildman–Crippen MR) is 136 cm³/mol. The number of benzene rings is 3. The van der Waals surface area contributed by atoms with Crippen LogP contribution in [0, 0.1) is 12.7 Å². The Labute approximate surface area is 205 Å². The average molecular weight is 491 g/mol. The Bertz CT molecular complexity index is 1430. The lowest BCUT2D eigenvalue weighted by Gasteiger charge is -2.08. The number of nitrogens with one attached hydrogen (secondary N) is 2. The second-order valence-electron chi connectivity index (χ2n) is 7.73. The number of halogens is 1. The van der Waals surface area contributed by atoms with E-state index < -0.39 is 11.7 Å². The minimum absolute atomic E-state index is 0.0369. The van der Waals surface area contributed by atoms with E-state index in [2.05, 4.69) is 10.6 Å². The van der Waals surface area contributed by atoms with Crippen LogP contribution < -0.4 is 16.2 Å². The molecular formula is C26H23FN4O3S. The van der Waals surface area contributed by atoms with E-state index in [0.29, 0.717) is 17.1 Å². The Morgan fingerprint density at radius 1 is 0.914 bits per heavy atom. The molecule has 7 nitrogen and oxygen atoms in total. The number of rotatable bonds is 7. The van der Waals surface area contributed by atoms with Crippen molar-refractivity contribution < 1.29 is 14.0 Å². The van der Waals surface area contributed by atoms with E-state index in [1.54, 1.807) is 49.0 Å². The van der Waals surface area contributed by atoms with Crippen LogP contribution >= 0.6 is 11.8 Å². The molecule has 0 fully saturated rings. The van der Waals surface area contributed by atoms with Crippen molar-refractivity contribution in [2.45, 2.75) is 11.8 Å². The summed E-state index contributed by atoms with van der Waals surface area (Å²) in [6, 6.07) is 21.8. The maximum Gasteiger partial charge on any atom is 0.295 e. The number of hydrogen-bond acceptors (Lipinski definition) is 4. The molecular weight excluding hydrogens is 467 g/mol. The Hall–Kier alpha value is -4.11. The molecule has 0 unspecified atom stereocenters. The minimum atomic E-state index is -0.590. The van der Waals surface area contributed by atoms with Gasteiger partial charge in [-0.1, -0.05) is 30.3 Å². The lowest BCUT2D eigenvalue weighted by Crippen LogP contribution is -2.23. The van der Waals surface area contributed by atoms with E-state index in [0.717, 1.165) is 4.90 Å². The van der Waals surface area contributed by atoms with Gasteiger partial charge in [0.05, 0.1) is 22.7 Å². The van der Waals surface area contributed by atoms with Crippen molar-refractivity contribution in [1.29, 1.82) is 0 Å². The van der Waals surface area contributed by atoms with Crippen molar-refractivity contribution >= 4 is 35.0 Å². The molecule has 35 heavy (non-hydrogen) atoms. The second kappa shape index (κ2) is 10.4. The summed E-state index contributed by atoms with van der Waals surface area (Å²) in [6.07, 6.45) is 0. The molecule has 2 N–H and O–H groups in total. The van der Waals surface area contributed by atoms with E-state index in [1.807, 2.05) is 30.3 Å². The van der Waals surface area contributed by atoms with Crippen LogP contribution in [-0.4, -0.2) is 26.9 Å². The van der Waals surface area contributed by atoms with Crippen LogP contribution in [-0.2, 0) is 11.8 Å². The van der Waals surface area contributed by atoms with Crippen LogP contribution in [0.4, 0.5) is 15.8 Å². The largest absolute Gasteiger partial charge is 0.322 e. The highest BCUT2D eigenvalue weighted by molar-refractivity contribution is 8.00. The van der Waals surface area contributed by atoms with Gasteiger partial charge in [0, 0.05) is 17.6 Å². The number of anilines is 2. The lowest BCUT2D eigenvalue weighted by atomic mass is 10.2. The number of aromatic nitrogens is 2. The highest BCUT2D eigenvalue weighted by Crippen LogP contribution is 2.22. The number of hydrogen-bond donors (Lipinski definition) is 2. The van der Waals surface area contributed by atoms with Gasteiger partial charge in [-0.2, -0.15) is 0 Å². The predicted octanol–water partition coefficient (Wildman–Crippen LogP) is 4.61. The van der Waals surface area contributed by atoms with Gasteiger partial charge in [0.2, 0.25) is 5.91 Å². The van der Waals surface area contributed by atoms with Crippen LogP contribution in [0.3, 0.4) is 0 Å². The molecule has 9 heteroatoms. The Morgan fingerprint density at radius 2 is 1.57 bits per heavy atom.